The SMILES string of the molecule is CCOc1cccn(Cc2cccc(C(=O)OC)c2)c1=O. The van der Waals surface area contributed by atoms with Crippen molar-refractivity contribution >= 4 is 5.97 Å². The minimum atomic E-state index is -0.396. The van der Waals surface area contributed by atoms with Crippen LogP contribution in [0, 0.1) is 0 Å². The van der Waals surface area contributed by atoms with Gasteiger partial charge in [-0.1, -0.05) is 12.1 Å². The number of carbonyl (C=O) groups is 1. The summed E-state index contributed by atoms with van der Waals surface area (Å²) in [6.45, 7) is 2.64. The van der Waals surface area contributed by atoms with Crippen molar-refractivity contribution < 1.29 is 14.3 Å². The van der Waals surface area contributed by atoms with Gasteiger partial charge in [-0.25, -0.2) is 4.79 Å². The molecule has 5 heteroatoms. The Morgan fingerprint density at radius 2 is 2.05 bits per heavy atom. The van der Waals surface area contributed by atoms with Crippen LogP contribution in [-0.2, 0) is 11.3 Å². The van der Waals surface area contributed by atoms with Crippen LogP contribution in [0.3, 0.4) is 0 Å². The van der Waals surface area contributed by atoms with Gasteiger partial charge < -0.3 is 14.0 Å². The van der Waals surface area contributed by atoms with Crippen LogP contribution in [0.25, 0.3) is 0 Å². The molecule has 0 saturated heterocycles. The highest BCUT2D eigenvalue weighted by atomic mass is 16.5. The number of hydrogen-bond donors (Lipinski definition) is 0. The lowest BCUT2D eigenvalue weighted by Gasteiger charge is -2.09. The molecule has 1 heterocycles. The molecule has 0 unspecified atom stereocenters. The molecule has 0 N–H and O–H groups in total. The Labute approximate surface area is 122 Å². The van der Waals surface area contributed by atoms with E-state index in [0.717, 1.165) is 5.56 Å². The number of methoxy groups -OCH3 is 1. The standard InChI is InChI=1S/C16H17NO4/c1-3-21-14-8-5-9-17(15(14)18)11-12-6-4-7-13(10-12)16(19)20-2/h4-10H,3,11H2,1-2H3. The van der Waals surface area contributed by atoms with Crippen LogP contribution in [0.5, 0.6) is 5.75 Å². The third-order valence-electron chi connectivity index (χ3n) is 2.99. The second-order valence-electron chi connectivity index (χ2n) is 4.43. The predicted molar refractivity (Wildman–Crippen MR) is 78.8 cm³/mol. The first kappa shape index (κ1) is 14.8. The van der Waals surface area contributed by atoms with Crippen LogP contribution in [0.2, 0.25) is 0 Å². The molecule has 1 aromatic heterocycles. The molecule has 0 aliphatic rings. The van der Waals surface area contributed by atoms with Crippen molar-refractivity contribution in [1.82, 2.24) is 4.57 Å². The Kier molecular flexibility index (Phi) is 4.77. The maximum absolute atomic E-state index is 12.2. The van der Waals surface area contributed by atoms with Crippen LogP contribution < -0.4 is 10.3 Å². The van der Waals surface area contributed by atoms with Gasteiger partial charge in [-0.15, -0.1) is 0 Å². The predicted octanol–water partition coefficient (Wildman–Crippen LogP) is 2.08. The smallest absolute Gasteiger partial charge is 0.337 e. The largest absolute Gasteiger partial charge is 0.488 e. The topological polar surface area (TPSA) is 57.5 Å². The maximum atomic E-state index is 12.2. The van der Waals surface area contributed by atoms with Crippen LogP contribution in [-0.4, -0.2) is 24.3 Å². The summed E-state index contributed by atoms with van der Waals surface area (Å²) in [7, 11) is 1.34. The van der Waals surface area contributed by atoms with Crippen molar-refractivity contribution in [3.8, 4) is 5.75 Å². The molecule has 2 aromatic rings. The number of esters is 1. The van der Waals surface area contributed by atoms with E-state index in [9.17, 15) is 9.59 Å². The summed E-state index contributed by atoms with van der Waals surface area (Å²) >= 11 is 0. The average molecular weight is 287 g/mol. The highest BCUT2D eigenvalue weighted by molar-refractivity contribution is 5.89. The Morgan fingerprint density at radius 3 is 2.76 bits per heavy atom. The van der Waals surface area contributed by atoms with Crippen molar-refractivity contribution in [2.24, 2.45) is 0 Å². The number of benzene rings is 1. The van der Waals surface area contributed by atoms with Gasteiger partial charge in [0.15, 0.2) is 5.75 Å². The normalized spacial score (nSPS) is 10.2. The monoisotopic (exact) mass is 287 g/mol. The van der Waals surface area contributed by atoms with E-state index in [4.69, 9.17) is 4.74 Å². The van der Waals surface area contributed by atoms with Crippen molar-refractivity contribution in [2.75, 3.05) is 13.7 Å². The Hall–Kier alpha value is -2.56. The minimum Gasteiger partial charge on any atom is -0.488 e. The summed E-state index contributed by atoms with van der Waals surface area (Å²) in [5.41, 5.74) is 1.11. The highest BCUT2D eigenvalue weighted by Gasteiger charge is 2.08. The molecule has 0 saturated carbocycles. The van der Waals surface area contributed by atoms with Gasteiger partial charge in [-0.2, -0.15) is 0 Å². The number of rotatable bonds is 5. The summed E-state index contributed by atoms with van der Waals surface area (Å²) in [5, 5.41) is 0. The van der Waals surface area contributed by atoms with Gasteiger partial charge in [-0.3, -0.25) is 4.79 Å². The molecule has 2 rings (SSSR count). The molecule has 0 spiro atoms. The minimum absolute atomic E-state index is 0.192. The molecule has 0 atom stereocenters. The van der Waals surface area contributed by atoms with E-state index in [1.54, 1.807) is 41.1 Å². The molecule has 0 aliphatic carbocycles. The van der Waals surface area contributed by atoms with E-state index in [-0.39, 0.29) is 5.56 Å². The highest BCUT2D eigenvalue weighted by Crippen LogP contribution is 2.09. The van der Waals surface area contributed by atoms with E-state index >= 15 is 0 Å². The van der Waals surface area contributed by atoms with Crippen LogP contribution in [0.1, 0.15) is 22.8 Å². The summed E-state index contributed by atoms with van der Waals surface area (Å²) in [5.74, 6) is -0.0728. The molecule has 21 heavy (non-hydrogen) atoms. The lowest BCUT2D eigenvalue weighted by molar-refractivity contribution is 0.0600. The molecule has 0 amide bonds. The Morgan fingerprint density at radius 1 is 1.24 bits per heavy atom. The van der Waals surface area contributed by atoms with Gasteiger partial charge in [0.25, 0.3) is 5.56 Å². The second kappa shape index (κ2) is 6.74. The third kappa shape index (κ3) is 3.51. The van der Waals surface area contributed by atoms with Gasteiger partial charge in [0, 0.05) is 6.20 Å². The first-order valence-electron chi connectivity index (χ1n) is 6.65. The average Bonchev–Trinajstić information content (AvgIpc) is 2.51. The fourth-order valence-corrected chi connectivity index (χ4v) is 2.02. The fraction of sp³-hybridized carbons (Fsp3) is 0.250. The van der Waals surface area contributed by atoms with Crippen LogP contribution >= 0.6 is 0 Å². The van der Waals surface area contributed by atoms with E-state index in [1.165, 1.54) is 7.11 Å². The van der Waals surface area contributed by atoms with Gasteiger partial charge in [0.1, 0.15) is 0 Å². The van der Waals surface area contributed by atoms with E-state index in [1.807, 2.05) is 13.0 Å². The van der Waals surface area contributed by atoms with Crippen LogP contribution in [0.4, 0.5) is 0 Å². The zero-order chi connectivity index (χ0) is 15.2. The molecular weight excluding hydrogens is 270 g/mol. The van der Waals surface area contributed by atoms with Gasteiger partial charge in [0.2, 0.25) is 0 Å². The second-order valence-corrected chi connectivity index (χ2v) is 4.43. The third-order valence-corrected chi connectivity index (χ3v) is 2.99. The fourth-order valence-electron chi connectivity index (χ4n) is 2.02. The summed E-state index contributed by atoms with van der Waals surface area (Å²) in [6, 6.07) is 10.4. The van der Waals surface area contributed by atoms with E-state index in [0.29, 0.717) is 24.5 Å². The lowest BCUT2D eigenvalue weighted by Crippen LogP contribution is -2.21. The molecule has 1 aromatic carbocycles. The number of aromatic nitrogens is 1. The van der Waals surface area contributed by atoms with Crippen molar-refractivity contribution in [3.63, 3.8) is 0 Å². The van der Waals surface area contributed by atoms with Crippen molar-refractivity contribution in [2.45, 2.75) is 13.5 Å². The first-order chi connectivity index (χ1) is 10.2. The molecule has 0 bridgehead atoms. The summed E-state index contributed by atoms with van der Waals surface area (Å²) in [4.78, 5) is 23.7. The molecular formula is C16H17NO4. The van der Waals surface area contributed by atoms with Gasteiger partial charge >= 0.3 is 5.97 Å². The van der Waals surface area contributed by atoms with E-state index in [2.05, 4.69) is 4.74 Å². The molecule has 0 aliphatic heterocycles. The number of pyridine rings is 1. The van der Waals surface area contributed by atoms with E-state index < -0.39 is 5.97 Å². The first-order valence-corrected chi connectivity index (χ1v) is 6.65. The molecule has 110 valence electrons. The number of carbonyl (C=O) groups excluding carboxylic acids is 1. The van der Waals surface area contributed by atoms with Crippen molar-refractivity contribution in [3.05, 3.63) is 64.1 Å². The molecule has 0 radical (unpaired) electrons. The molecule has 5 nitrogen and oxygen atoms in total. The number of ether oxygens (including phenoxy) is 2. The zero-order valence-corrected chi connectivity index (χ0v) is 12.0. The lowest BCUT2D eigenvalue weighted by atomic mass is 10.1. The van der Waals surface area contributed by atoms with Gasteiger partial charge in [-0.05, 0) is 36.8 Å². The molecule has 0 fully saturated rings. The van der Waals surface area contributed by atoms with Gasteiger partial charge in [0.05, 0.1) is 25.8 Å². The zero-order valence-electron chi connectivity index (χ0n) is 12.0. The summed E-state index contributed by atoms with van der Waals surface area (Å²) < 4.78 is 11.5. The Bertz CT molecular complexity index is 691. The number of nitrogens with zero attached hydrogens (tertiary/aromatic N) is 1. The summed E-state index contributed by atoms with van der Waals surface area (Å²) in [6.07, 6.45) is 1.69. The quantitative estimate of drug-likeness (QED) is 0.790. The number of hydrogen-bond acceptors (Lipinski definition) is 4. The maximum Gasteiger partial charge on any atom is 0.337 e. The Balaban J connectivity index is 2.28. The van der Waals surface area contributed by atoms with Crippen LogP contribution in [0.15, 0.2) is 47.4 Å². The van der Waals surface area contributed by atoms with Crippen molar-refractivity contribution in [1.29, 1.82) is 0 Å².